The van der Waals surface area contributed by atoms with Gasteiger partial charge in [0.15, 0.2) is 6.61 Å². The molecule has 2 aliphatic heterocycles. The molecule has 7 nitrogen and oxygen atoms in total. The van der Waals surface area contributed by atoms with Crippen LogP contribution in [0.15, 0.2) is 28.9 Å². The maximum absolute atomic E-state index is 13.1. The minimum Gasteiger partial charge on any atom is -0.464 e. The Morgan fingerprint density at radius 3 is 3.06 bits per heavy atom. The molecule has 5 rings (SSSR count). The molecule has 1 aromatic heterocycles. The molecule has 0 bridgehead atoms. The fraction of sp³-hybridized carbons (Fsp3) is 0.640. The first-order chi connectivity index (χ1) is 16.7. The third kappa shape index (κ3) is 5.91. The van der Waals surface area contributed by atoms with E-state index in [-0.39, 0.29) is 17.9 Å². The highest BCUT2D eigenvalue weighted by atomic mass is 32.1. The lowest BCUT2D eigenvalue weighted by Gasteiger charge is -2.26. The summed E-state index contributed by atoms with van der Waals surface area (Å²) < 4.78 is 31.3. The van der Waals surface area contributed by atoms with Gasteiger partial charge in [0.05, 0.1) is 17.3 Å². The van der Waals surface area contributed by atoms with Gasteiger partial charge >= 0.3 is 0 Å². The number of carbonyl (C=O) groups excluding carboxylic acids is 1. The lowest BCUT2D eigenvalue weighted by Crippen LogP contribution is -2.38. The van der Waals surface area contributed by atoms with E-state index >= 15 is 0 Å². The summed E-state index contributed by atoms with van der Waals surface area (Å²) in [5, 5.41) is 10.0. The zero-order chi connectivity index (χ0) is 24.6. The van der Waals surface area contributed by atoms with Crippen molar-refractivity contribution in [3.8, 4) is 5.19 Å². The third-order valence-corrected chi connectivity index (χ3v) is 8.31. The van der Waals surface area contributed by atoms with Gasteiger partial charge in [0, 0.05) is 50.1 Å². The number of aromatic nitrogens is 1. The predicted octanol–water partition coefficient (Wildman–Crippen LogP) is 3.62. The average molecular weight is 506 g/mol. The molecule has 35 heavy (non-hydrogen) atoms. The number of fused-ring (bicyclic) bond motifs is 2. The first-order valence-corrected chi connectivity index (χ1v) is 13.3. The van der Waals surface area contributed by atoms with Crippen molar-refractivity contribution >= 4 is 23.0 Å². The summed E-state index contributed by atoms with van der Waals surface area (Å²) in [4.78, 5) is 21.0. The van der Waals surface area contributed by atoms with Gasteiger partial charge in [0.2, 0.25) is 5.91 Å². The number of hydrogen-bond acceptors (Lipinski definition) is 7. The largest absolute Gasteiger partial charge is 0.464 e. The number of carbonyl (C=O) groups is 1. The topological polar surface area (TPSA) is 70.1 Å². The predicted molar refractivity (Wildman–Crippen MR) is 132 cm³/mol. The molecule has 1 amide bonds. The molecule has 0 aromatic carbocycles. The number of ether oxygens (including phenoxy) is 1. The molecule has 190 valence electrons. The van der Waals surface area contributed by atoms with E-state index in [9.17, 15) is 13.6 Å². The molecule has 10 heteroatoms. The SMILES string of the molecule is CN1CC2C(C(=O)N[C@@H]3CC[C@H](CCN4CCc5sc(OCC(C)(F)F)nc5C4)C3)=CC=CC2=N1. The zero-order valence-corrected chi connectivity index (χ0v) is 21.1. The van der Waals surface area contributed by atoms with Crippen LogP contribution in [0.3, 0.4) is 0 Å². The Balaban J connectivity index is 1.06. The first kappa shape index (κ1) is 24.4. The minimum atomic E-state index is -2.86. The molecule has 4 aliphatic rings. The van der Waals surface area contributed by atoms with E-state index in [1.54, 1.807) is 0 Å². The molecule has 1 saturated carbocycles. The number of thiazole rings is 1. The molecule has 1 aromatic rings. The van der Waals surface area contributed by atoms with Crippen molar-refractivity contribution in [1.29, 1.82) is 0 Å². The van der Waals surface area contributed by atoms with Crippen molar-refractivity contribution in [1.82, 2.24) is 20.2 Å². The average Bonchev–Trinajstić information content (AvgIpc) is 3.52. The summed E-state index contributed by atoms with van der Waals surface area (Å²) in [6.45, 7) is 3.64. The molecular formula is C25H33F2N5O2S. The van der Waals surface area contributed by atoms with Gasteiger partial charge in [-0.1, -0.05) is 23.5 Å². The third-order valence-electron chi connectivity index (χ3n) is 7.24. The number of nitrogens with one attached hydrogen (secondary N) is 1. The number of rotatable bonds is 8. The Labute approximate surface area is 208 Å². The van der Waals surface area contributed by atoms with E-state index in [0.29, 0.717) is 11.1 Å². The van der Waals surface area contributed by atoms with Crippen molar-refractivity contribution in [3.05, 3.63) is 34.4 Å². The van der Waals surface area contributed by atoms with Crippen LogP contribution in [-0.2, 0) is 17.8 Å². The number of alkyl halides is 2. The molecular weight excluding hydrogens is 472 g/mol. The molecule has 2 aliphatic carbocycles. The molecule has 0 saturated heterocycles. The lowest BCUT2D eigenvalue weighted by atomic mass is 9.89. The van der Waals surface area contributed by atoms with Crippen LogP contribution in [0.2, 0.25) is 0 Å². The normalized spacial score (nSPS) is 26.3. The van der Waals surface area contributed by atoms with Gasteiger partial charge < -0.3 is 10.1 Å². The monoisotopic (exact) mass is 505 g/mol. The molecule has 1 N–H and O–H groups in total. The van der Waals surface area contributed by atoms with E-state index in [4.69, 9.17) is 4.74 Å². The van der Waals surface area contributed by atoms with Crippen LogP contribution >= 0.6 is 11.3 Å². The van der Waals surface area contributed by atoms with Crippen LogP contribution in [-0.4, -0.2) is 71.8 Å². The number of nitrogens with zero attached hydrogens (tertiary/aromatic N) is 4. The summed E-state index contributed by atoms with van der Waals surface area (Å²) in [5.74, 6) is -2.15. The highest BCUT2D eigenvalue weighted by molar-refractivity contribution is 7.13. The van der Waals surface area contributed by atoms with E-state index < -0.39 is 12.5 Å². The molecule has 0 radical (unpaired) electrons. The number of hydrazone groups is 1. The van der Waals surface area contributed by atoms with Crippen LogP contribution in [0.4, 0.5) is 8.78 Å². The Bertz CT molecular complexity index is 1050. The van der Waals surface area contributed by atoms with Crippen LogP contribution in [0.5, 0.6) is 5.19 Å². The zero-order valence-electron chi connectivity index (χ0n) is 20.3. The highest BCUT2D eigenvalue weighted by Crippen LogP contribution is 2.33. The van der Waals surface area contributed by atoms with Crippen LogP contribution in [0, 0.1) is 11.8 Å². The number of amides is 1. The second-order valence-electron chi connectivity index (χ2n) is 10.3. The molecule has 3 atom stereocenters. The molecule has 0 spiro atoms. The Morgan fingerprint density at radius 1 is 1.37 bits per heavy atom. The summed E-state index contributed by atoms with van der Waals surface area (Å²) >= 11 is 1.39. The Hall–Kier alpha value is -2.33. The molecule has 1 unspecified atom stereocenters. The second-order valence-corrected chi connectivity index (χ2v) is 11.3. The molecule has 1 fully saturated rings. The van der Waals surface area contributed by atoms with Crippen molar-refractivity contribution in [3.63, 3.8) is 0 Å². The standard InChI is InChI=1S/C25H33F2N5O2S/c1-25(26,27)15-34-24-29-21-14-32(11-9-22(21)35-24)10-8-16-6-7-17(12-16)28-23(33)18-4-3-5-20-19(18)13-31(2)30-20/h3-5,16-17,19H,6-15H2,1-2H3,(H,28,33)/t16-,17-,19?/m1/s1. The Kier molecular flexibility index (Phi) is 6.94. The van der Waals surface area contributed by atoms with E-state index in [2.05, 4.69) is 20.3 Å². The van der Waals surface area contributed by atoms with Gasteiger partial charge in [-0.3, -0.25) is 14.7 Å². The number of hydrogen-bond donors (Lipinski definition) is 1. The maximum atomic E-state index is 13.1. The highest BCUT2D eigenvalue weighted by Gasteiger charge is 2.34. The van der Waals surface area contributed by atoms with Crippen LogP contribution < -0.4 is 10.1 Å². The van der Waals surface area contributed by atoms with Crippen molar-refractivity contribution < 1.29 is 18.3 Å². The van der Waals surface area contributed by atoms with Gasteiger partial charge in [-0.2, -0.15) is 5.10 Å². The number of allylic oxidation sites excluding steroid dienone is 3. The minimum absolute atomic E-state index is 0.0407. The first-order valence-electron chi connectivity index (χ1n) is 12.4. The van der Waals surface area contributed by atoms with E-state index in [1.807, 2.05) is 30.3 Å². The van der Waals surface area contributed by atoms with E-state index in [1.165, 1.54) is 11.3 Å². The van der Waals surface area contributed by atoms with Crippen molar-refractivity contribution in [2.24, 2.45) is 16.9 Å². The smallest absolute Gasteiger partial charge is 0.278 e. The summed E-state index contributed by atoms with van der Waals surface area (Å²) in [6.07, 6.45) is 11.0. The number of halogens is 2. The molecule has 3 heterocycles. The van der Waals surface area contributed by atoms with Crippen molar-refractivity contribution in [2.75, 3.05) is 33.3 Å². The summed E-state index contributed by atoms with van der Waals surface area (Å²) in [6, 6.07) is 0.224. The van der Waals surface area contributed by atoms with Gasteiger partial charge in [-0.15, -0.1) is 0 Å². The van der Waals surface area contributed by atoms with Gasteiger partial charge in [0.25, 0.3) is 11.1 Å². The maximum Gasteiger partial charge on any atom is 0.278 e. The van der Waals surface area contributed by atoms with E-state index in [0.717, 1.165) is 87.1 Å². The summed E-state index contributed by atoms with van der Waals surface area (Å²) in [7, 11) is 1.94. The Morgan fingerprint density at radius 2 is 2.23 bits per heavy atom. The fourth-order valence-electron chi connectivity index (χ4n) is 5.45. The van der Waals surface area contributed by atoms with Crippen LogP contribution in [0.1, 0.15) is 43.2 Å². The second kappa shape index (κ2) is 9.97. The van der Waals surface area contributed by atoms with Gasteiger partial charge in [-0.25, -0.2) is 13.8 Å². The van der Waals surface area contributed by atoms with Gasteiger partial charge in [-0.05, 0) is 50.6 Å². The van der Waals surface area contributed by atoms with Crippen LogP contribution in [0.25, 0.3) is 0 Å². The van der Waals surface area contributed by atoms with Crippen molar-refractivity contribution in [2.45, 2.75) is 57.5 Å². The quantitative estimate of drug-likeness (QED) is 0.585. The fourth-order valence-corrected chi connectivity index (χ4v) is 6.35. The lowest BCUT2D eigenvalue weighted by molar-refractivity contribution is -0.118. The summed E-state index contributed by atoms with van der Waals surface area (Å²) in [5.41, 5.74) is 2.75. The van der Waals surface area contributed by atoms with Gasteiger partial charge in [0.1, 0.15) is 0 Å².